The van der Waals surface area contributed by atoms with Gasteiger partial charge in [0.2, 0.25) is 0 Å². The zero-order valence-electron chi connectivity index (χ0n) is 10.3. The number of halogens is 1. The molecule has 16 heavy (non-hydrogen) atoms. The van der Waals surface area contributed by atoms with E-state index < -0.39 is 11.7 Å². The second-order valence-electron chi connectivity index (χ2n) is 2.36. The van der Waals surface area contributed by atoms with Crippen LogP contribution in [0.2, 0.25) is 0 Å². The molecule has 98 valence electrons. The summed E-state index contributed by atoms with van der Waals surface area (Å²) >= 11 is 5.38. The molecule has 0 aromatic rings. The molecule has 0 bridgehead atoms. The molecule has 5 nitrogen and oxygen atoms in total. The van der Waals surface area contributed by atoms with E-state index in [0.29, 0.717) is 19.8 Å². The number of carbonyl (C=O) groups is 1. The molecular weight excluding hydrogens is 236 g/mol. The molecule has 0 aromatic carbocycles. The van der Waals surface area contributed by atoms with Crippen LogP contribution in [-0.4, -0.2) is 45.3 Å². The van der Waals surface area contributed by atoms with Gasteiger partial charge in [-0.05, 0) is 6.92 Å². The minimum atomic E-state index is -0.789. The lowest BCUT2D eigenvalue weighted by atomic mass is 10.7. The second kappa shape index (κ2) is 14.5. The summed E-state index contributed by atoms with van der Waals surface area (Å²) in [5.74, 6) is 0. The molecule has 0 rings (SSSR count). The predicted molar refractivity (Wildman–Crippen MR) is 61.8 cm³/mol. The highest BCUT2D eigenvalue weighted by Gasteiger charge is 2.06. The standard InChI is InChI=1S/C8H15ClO5.C2H6/c1-7(9)14-8(10)13-6-5-12-4-3-11-2;1-2/h7H,3-6H2,1-2H3;1-2H3. The normalized spacial score (nSPS) is 11.1. The van der Waals surface area contributed by atoms with Gasteiger partial charge in [0.05, 0.1) is 19.8 Å². The minimum Gasteiger partial charge on any atom is -0.432 e. The minimum absolute atomic E-state index is 0.145. The fourth-order valence-corrected chi connectivity index (χ4v) is 0.668. The van der Waals surface area contributed by atoms with Crippen molar-refractivity contribution < 1.29 is 23.7 Å². The van der Waals surface area contributed by atoms with E-state index in [1.54, 1.807) is 7.11 Å². The Morgan fingerprint density at radius 3 is 2.25 bits per heavy atom. The van der Waals surface area contributed by atoms with Crippen LogP contribution in [0.3, 0.4) is 0 Å². The average Bonchev–Trinajstić information content (AvgIpc) is 2.25. The molecule has 0 saturated carbocycles. The van der Waals surface area contributed by atoms with Crippen molar-refractivity contribution >= 4 is 17.8 Å². The molecule has 0 N–H and O–H groups in total. The van der Waals surface area contributed by atoms with Gasteiger partial charge in [0.25, 0.3) is 0 Å². The maximum Gasteiger partial charge on any atom is 0.509 e. The molecule has 0 aliphatic rings. The summed E-state index contributed by atoms with van der Waals surface area (Å²) in [6.45, 7) is 6.98. The van der Waals surface area contributed by atoms with Crippen molar-refractivity contribution in [3.63, 3.8) is 0 Å². The Labute approximate surface area is 102 Å². The summed E-state index contributed by atoms with van der Waals surface area (Å²) in [5.41, 5.74) is -0.683. The first-order chi connectivity index (χ1) is 7.66. The molecule has 0 amide bonds. The summed E-state index contributed by atoms with van der Waals surface area (Å²) < 4.78 is 18.9. The molecule has 1 atom stereocenters. The van der Waals surface area contributed by atoms with Gasteiger partial charge in [0.1, 0.15) is 6.61 Å². The molecule has 0 radical (unpaired) electrons. The predicted octanol–water partition coefficient (Wildman–Crippen LogP) is 2.41. The van der Waals surface area contributed by atoms with Crippen LogP contribution >= 0.6 is 11.6 Å². The third kappa shape index (κ3) is 15.9. The fraction of sp³-hybridized carbons (Fsp3) is 0.900. The highest BCUT2D eigenvalue weighted by Crippen LogP contribution is 1.97. The molecule has 0 aliphatic carbocycles. The van der Waals surface area contributed by atoms with E-state index in [4.69, 9.17) is 21.1 Å². The number of hydrogen-bond donors (Lipinski definition) is 0. The van der Waals surface area contributed by atoms with Crippen molar-refractivity contribution in [3.05, 3.63) is 0 Å². The number of carbonyl (C=O) groups excluding carboxylic acids is 1. The van der Waals surface area contributed by atoms with Crippen LogP contribution in [0.5, 0.6) is 0 Å². The SMILES string of the molecule is CC.COCCOCCOC(=O)OC(C)Cl. The maximum atomic E-state index is 10.7. The highest BCUT2D eigenvalue weighted by molar-refractivity contribution is 6.19. The van der Waals surface area contributed by atoms with Crippen LogP contribution in [-0.2, 0) is 18.9 Å². The van der Waals surface area contributed by atoms with E-state index in [1.807, 2.05) is 13.8 Å². The molecule has 0 heterocycles. The van der Waals surface area contributed by atoms with Gasteiger partial charge in [0.15, 0.2) is 5.56 Å². The van der Waals surface area contributed by atoms with Crippen LogP contribution in [0.25, 0.3) is 0 Å². The van der Waals surface area contributed by atoms with Crippen molar-refractivity contribution in [1.82, 2.24) is 0 Å². The smallest absolute Gasteiger partial charge is 0.432 e. The van der Waals surface area contributed by atoms with Crippen molar-refractivity contribution in [3.8, 4) is 0 Å². The van der Waals surface area contributed by atoms with Crippen LogP contribution in [0, 0.1) is 0 Å². The van der Waals surface area contributed by atoms with Crippen LogP contribution < -0.4 is 0 Å². The first kappa shape index (κ1) is 17.9. The van der Waals surface area contributed by atoms with E-state index in [2.05, 4.69) is 9.47 Å². The van der Waals surface area contributed by atoms with Crippen molar-refractivity contribution in [2.75, 3.05) is 33.5 Å². The lowest BCUT2D eigenvalue weighted by Gasteiger charge is -2.07. The van der Waals surface area contributed by atoms with Gasteiger partial charge in [-0.15, -0.1) is 0 Å². The van der Waals surface area contributed by atoms with Gasteiger partial charge in [-0.25, -0.2) is 4.79 Å². The van der Waals surface area contributed by atoms with Gasteiger partial charge >= 0.3 is 6.16 Å². The summed E-state index contributed by atoms with van der Waals surface area (Å²) in [6, 6.07) is 0. The summed E-state index contributed by atoms with van der Waals surface area (Å²) in [5, 5.41) is 0. The Kier molecular flexibility index (Phi) is 16.2. The average molecular weight is 257 g/mol. The zero-order chi connectivity index (χ0) is 12.8. The van der Waals surface area contributed by atoms with E-state index in [0.717, 1.165) is 0 Å². The number of ether oxygens (including phenoxy) is 4. The molecule has 0 saturated heterocycles. The first-order valence-electron chi connectivity index (χ1n) is 5.21. The van der Waals surface area contributed by atoms with E-state index in [9.17, 15) is 4.79 Å². The Morgan fingerprint density at radius 2 is 1.75 bits per heavy atom. The summed E-state index contributed by atoms with van der Waals surface area (Å²) in [6.07, 6.45) is -0.789. The quantitative estimate of drug-likeness (QED) is 0.398. The molecule has 0 fully saturated rings. The van der Waals surface area contributed by atoms with Gasteiger partial charge in [-0.3, -0.25) is 0 Å². The fourth-order valence-electron chi connectivity index (χ4n) is 0.595. The monoisotopic (exact) mass is 256 g/mol. The van der Waals surface area contributed by atoms with Crippen molar-refractivity contribution in [2.24, 2.45) is 0 Å². The molecule has 0 aromatic heterocycles. The maximum absolute atomic E-state index is 10.7. The Morgan fingerprint density at radius 1 is 1.19 bits per heavy atom. The van der Waals surface area contributed by atoms with E-state index in [1.165, 1.54) is 6.92 Å². The largest absolute Gasteiger partial charge is 0.509 e. The first-order valence-corrected chi connectivity index (χ1v) is 5.64. The van der Waals surface area contributed by atoms with Gasteiger partial charge in [-0.2, -0.15) is 0 Å². The molecule has 0 spiro atoms. The number of methoxy groups -OCH3 is 1. The van der Waals surface area contributed by atoms with Crippen LogP contribution in [0.1, 0.15) is 20.8 Å². The van der Waals surface area contributed by atoms with Crippen molar-refractivity contribution in [2.45, 2.75) is 26.3 Å². The lowest BCUT2D eigenvalue weighted by Crippen LogP contribution is -2.15. The van der Waals surface area contributed by atoms with Crippen molar-refractivity contribution in [1.29, 1.82) is 0 Å². The second-order valence-corrected chi connectivity index (χ2v) is 2.98. The zero-order valence-corrected chi connectivity index (χ0v) is 11.1. The Balaban J connectivity index is 0. The van der Waals surface area contributed by atoms with Gasteiger partial charge in [-0.1, -0.05) is 25.4 Å². The van der Waals surface area contributed by atoms with Crippen LogP contribution in [0.4, 0.5) is 4.79 Å². The van der Waals surface area contributed by atoms with E-state index >= 15 is 0 Å². The third-order valence-electron chi connectivity index (χ3n) is 1.14. The molecule has 1 unspecified atom stereocenters. The number of alkyl halides is 1. The van der Waals surface area contributed by atoms with Gasteiger partial charge < -0.3 is 18.9 Å². The van der Waals surface area contributed by atoms with Gasteiger partial charge in [0, 0.05) is 7.11 Å². The highest BCUT2D eigenvalue weighted by atomic mass is 35.5. The Hall–Kier alpha value is -0.520. The van der Waals surface area contributed by atoms with Crippen LogP contribution in [0.15, 0.2) is 0 Å². The summed E-state index contributed by atoms with van der Waals surface area (Å²) in [4.78, 5) is 10.7. The third-order valence-corrected chi connectivity index (χ3v) is 1.23. The molecule has 6 heteroatoms. The molecule has 0 aliphatic heterocycles. The number of rotatable bonds is 7. The van der Waals surface area contributed by atoms with E-state index in [-0.39, 0.29) is 6.61 Å². The summed E-state index contributed by atoms with van der Waals surface area (Å²) in [7, 11) is 1.58. The lowest BCUT2D eigenvalue weighted by molar-refractivity contribution is 0.0129. The Bertz CT molecular complexity index is 152. The number of hydrogen-bond acceptors (Lipinski definition) is 5. The topological polar surface area (TPSA) is 54.0 Å². The molecular formula is C10H21ClO5.